The van der Waals surface area contributed by atoms with Crippen LogP contribution in [0.2, 0.25) is 0 Å². The maximum Gasteiger partial charge on any atom is 0.293 e. The van der Waals surface area contributed by atoms with Gasteiger partial charge >= 0.3 is 0 Å². The fourth-order valence-corrected chi connectivity index (χ4v) is 4.69. The fourth-order valence-electron chi connectivity index (χ4n) is 4.69. The molecule has 8 nitrogen and oxygen atoms in total. The van der Waals surface area contributed by atoms with E-state index in [4.69, 9.17) is 0 Å². The number of benzene rings is 1. The minimum Gasteiger partial charge on any atom is -0.365 e. The lowest BCUT2D eigenvalue weighted by molar-refractivity contribution is -0.384. The summed E-state index contributed by atoms with van der Waals surface area (Å²) in [5.74, 6) is 0.374. The van der Waals surface area contributed by atoms with E-state index >= 15 is 0 Å². The van der Waals surface area contributed by atoms with E-state index in [1.165, 1.54) is 6.07 Å². The Labute approximate surface area is 171 Å². The molecule has 158 valence electrons. The Hall–Kier alpha value is -2.64. The summed E-state index contributed by atoms with van der Waals surface area (Å²) in [6.45, 7) is 6.77. The molecule has 0 spiro atoms. The molecule has 0 bridgehead atoms. The van der Waals surface area contributed by atoms with Crippen LogP contribution < -0.4 is 10.2 Å². The Morgan fingerprint density at radius 3 is 2.48 bits per heavy atom. The summed E-state index contributed by atoms with van der Waals surface area (Å²) in [7, 11) is 1.59. The normalized spacial score (nSPS) is 24.9. The van der Waals surface area contributed by atoms with Gasteiger partial charge in [0.25, 0.3) is 11.6 Å². The number of nitrogens with zero attached hydrogens (tertiary/aromatic N) is 3. The average Bonchev–Trinajstić information content (AvgIpc) is 2.71. The van der Waals surface area contributed by atoms with E-state index in [1.807, 2.05) is 0 Å². The van der Waals surface area contributed by atoms with E-state index in [0.717, 1.165) is 32.4 Å². The predicted octanol–water partition coefficient (Wildman–Crippen LogP) is 2.68. The van der Waals surface area contributed by atoms with Gasteiger partial charge in [-0.05, 0) is 43.2 Å². The summed E-state index contributed by atoms with van der Waals surface area (Å²) in [4.78, 5) is 40.0. The van der Waals surface area contributed by atoms with E-state index in [9.17, 15) is 19.7 Å². The Kier molecular flexibility index (Phi) is 6.39. The summed E-state index contributed by atoms with van der Waals surface area (Å²) < 4.78 is 0. The smallest absolute Gasteiger partial charge is 0.293 e. The van der Waals surface area contributed by atoms with Crippen molar-refractivity contribution in [3.63, 3.8) is 0 Å². The van der Waals surface area contributed by atoms with E-state index in [0.29, 0.717) is 36.2 Å². The van der Waals surface area contributed by atoms with Gasteiger partial charge in [-0.15, -0.1) is 0 Å². The van der Waals surface area contributed by atoms with Crippen molar-refractivity contribution in [2.24, 2.45) is 17.8 Å². The van der Waals surface area contributed by atoms with Crippen LogP contribution in [0.15, 0.2) is 18.2 Å². The van der Waals surface area contributed by atoms with Gasteiger partial charge in [-0.3, -0.25) is 19.7 Å². The molecule has 0 unspecified atom stereocenters. The number of amides is 2. The van der Waals surface area contributed by atoms with Gasteiger partial charge in [-0.2, -0.15) is 0 Å². The zero-order valence-electron chi connectivity index (χ0n) is 17.4. The maximum atomic E-state index is 13.0. The third-order valence-electron chi connectivity index (χ3n) is 5.95. The number of nitrogens with one attached hydrogen (secondary N) is 1. The molecule has 1 aromatic carbocycles. The van der Waals surface area contributed by atoms with E-state index in [1.54, 1.807) is 24.1 Å². The van der Waals surface area contributed by atoms with Gasteiger partial charge < -0.3 is 15.1 Å². The van der Waals surface area contributed by atoms with Crippen molar-refractivity contribution in [2.45, 2.75) is 33.1 Å². The monoisotopic (exact) mass is 402 g/mol. The highest BCUT2D eigenvalue weighted by Crippen LogP contribution is 2.34. The minimum absolute atomic E-state index is 0.0305. The van der Waals surface area contributed by atoms with Crippen LogP contribution in [0.1, 0.15) is 43.5 Å². The van der Waals surface area contributed by atoms with Gasteiger partial charge in [0.1, 0.15) is 5.69 Å². The molecule has 0 saturated carbocycles. The Morgan fingerprint density at radius 1 is 1.17 bits per heavy atom. The maximum absolute atomic E-state index is 13.0. The van der Waals surface area contributed by atoms with Crippen LogP contribution in [0.25, 0.3) is 0 Å². The number of carbonyl (C=O) groups is 2. The number of rotatable bonds is 4. The van der Waals surface area contributed by atoms with Gasteiger partial charge in [0.15, 0.2) is 0 Å². The lowest BCUT2D eigenvalue weighted by Crippen LogP contribution is -2.44. The summed E-state index contributed by atoms with van der Waals surface area (Å²) in [6.07, 6.45) is 2.60. The summed E-state index contributed by atoms with van der Waals surface area (Å²) in [5, 5.41) is 14.4. The second kappa shape index (κ2) is 8.80. The number of hydrogen-bond donors (Lipinski definition) is 1. The topological polar surface area (TPSA) is 95.8 Å². The zero-order valence-corrected chi connectivity index (χ0v) is 17.4. The van der Waals surface area contributed by atoms with Gasteiger partial charge in [0.05, 0.1) is 10.8 Å². The van der Waals surface area contributed by atoms with Crippen LogP contribution in [-0.4, -0.2) is 54.9 Å². The Balaban J connectivity index is 1.83. The summed E-state index contributed by atoms with van der Waals surface area (Å²) in [6, 6.07) is 4.78. The van der Waals surface area contributed by atoms with Crippen molar-refractivity contribution in [1.29, 1.82) is 0 Å². The number of nitro groups is 1. The highest BCUT2D eigenvalue weighted by Gasteiger charge is 2.31. The molecule has 1 N–H and O–H groups in total. The highest BCUT2D eigenvalue weighted by molar-refractivity contribution is 5.96. The Morgan fingerprint density at radius 2 is 1.86 bits per heavy atom. The van der Waals surface area contributed by atoms with Crippen LogP contribution in [-0.2, 0) is 4.79 Å². The number of carbonyl (C=O) groups excluding carboxylic acids is 2. The van der Waals surface area contributed by atoms with Gasteiger partial charge in [0, 0.05) is 44.9 Å². The van der Waals surface area contributed by atoms with Crippen molar-refractivity contribution in [1.82, 2.24) is 10.2 Å². The van der Waals surface area contributed by atoms with Crippen molar-refractivity contribution in [2.75, 3.05) is 38.1 Å². The van der Waals surface area contributed by atoms with Crippen molar-refractivity contribution < 1.29 is 14.5 Å². The van der Waals surface area contributed by atoms with Crippen LogP contribution in [0.4, 0.5) is 11.4 Å². The largest absolute Gasteiger partial charge is 0.365 e. The molecular weight excluding hydrogens is 372 g/mol. The molecule has 2 aliphatic rings. The first-order valence-corrected chi connectivity index (χ1v) is 10.3. The van der Waals surface area contributed by atoms with E-state index in [-0.39, 0.29) is 23.4 Å². The van der Waals surface area contributed by atoms with Gasteiger partial charge in [0.2, 0.25) is 5.91 Å². The molecule has 2 amide bonds. The van der Waals surface area contributed by atoms with Crippen LogP contribution >= 0.6 is 0 Å². The molecule has 3 rings (SSSR count). The number of piperidine rings is 2. The average molecular weight is 402 g/mol. The first kappa shape index (κ1) is 21.1. The van der Waals surface area contributed by atoms with Crippen molar-refractivity contribution in [3.8, 4) is 0 Å². The zero-order chi connectivity index (χ0) is 21.1. The number of nitro benzene ring substituents is 1. The third-order valence-corrected chi connectivity index (χ3v) is 5.95. The molecular formula is C21H30N4O4. The van der Waals surface area contributed by atoms with E-state index in [2.05, 4.69) is 24.1 Å². The standard InChI is InChI=1S/C21H30N4O4/c1-14-9-15(2)12-24(11-14)18-7-6-16(10-19(18)25(28)29)21(27)23-8-4-5-17(13-23)20(26)22-3/h6-7,10,14-15,17H,4-5,8-9,11-13H2,1-3H3,(H,22,26)/t14-,15-,17-/m1/s1. The van der Waals surface area contributed by atoms with Crippen LogP contribution in [0, 0.1) is 27.9 Å². The second-order valence-electron chi connectivity index (χ2n) is 8.52. The molecule has 2 heterocycles. The summed E-state index contributed by atoms with van der Waals surface area (Å²) >= 11 is 0. The molecule has 0 aromatic heterocycles. The Bertz CT molecular complexity index is 787. The van der Waals surface area contributed by atoms with Crippen molar-refractivity contribution >= 4 is 23.2 Å². The van der Waals surface area contributed by atoms with Crippen LogP contribution in [0.5, 0.6) is 0 Å². The molecule has 0 aliphatic carbocycles. The third kappa shape index (κ3) is 4.68. The van der Waals surface area contributed by atoms with Crippen LogP contribution in [0.3, 0.4) is 0 Å². The highest BCUT2D eigenvalue weighted by atomic mass is 16.6. The first-order chi connectivity index (χ1) is 13.8. The quantitative estimate of drug-likeness (QED) is 0.617. The molecule has 2 aliphatic heterocycles. The predicted molar refractivity (Wildman–Crippen MR) is 111 cm³/mol. The number of anilines is 1. The molecule has 2 fully saturated rings. The minimum atomic E-state index is -0.403. The number of likely N-dealkylation sites (tertiary alicyclic amines) is 1. The fraction of sp³-hybridized carbons (Fsp3) is 0.619. The molecule has 1 aromatic rings. The first-order valence-electron chi connectivity index (χ1n) is 10.3. The molecule has 0 radical (unpaired) electrons. The molecule has 29 heavy (non-hydrogen) atoms. The van der Waals surface area contributed by atoms with Gasteiger partial charge in [-0.25, -0.2) is 0 Å². The molecule has 3 atom stereocenters. The second-order valence-corrected chi connectivity index (χ2v) is 8.52. The lowest BCUT2D eigenvalue weighted by atomic mass is 9.91. The lowest BCUT2D eigenvalue weighted by Gasteiger charge is -2.36. The summed E-state index contributed by atoms with van der Waals surface area (Å²) in [5.41, 5.74) is 0.847. The molecule has 2 saturated heterocycles. The SMILES string of the molecule is CNC(=O)[C@@H]1CCCN(C(=O)c2ccc(N3C[C@H](C)C[C@@H](C)C3)c([N+](=O)[O-])c2)C1. The number of hydrogen-bond acceptors (Lipinski definition) is 5. The van der Waals surface area contributed by atoms with Crippen molar-refractivity contribution in [3.05, 3.63) is 33.9 Å². The van der Waals surface area contributed by atoms with E-state index < -0.39 is 4.92 Å². The molecule has 8 heteroatoms. The van der Waals surface area contributed by atoms with Gasteiger partial charge in [-0.1, -0.05) is 13.8 Å².